The summed E-state index contributed by atoms with van der Waals surface area (Å²) in [5.74, 6) is 1.61. The number of anilines is 1. The van der Waals surface area contributed by atoms with Crippen LogP contribution in [0.2, 0.25) is 0 Å². The van der Waals surface area contributed by atoms with E-state index < -0.39 is 0 Å². The van der Waals surface area contributed by atoms with E-state index in [4.69, 9.17) is 4.74 Å². The zero-order valence-electron chi connectivity index (χ0n) is 9.51. The summed E-state index contributed by atoms with van der Waals surface area (Å²) in [7, 11) is 1.75. The van der Waals surface area contributed by atoms with Crippen LogP contribution in [0.4, 0.5) is 5.95 Å². The highest BCUT2D eigenvalue weighted by atomic mass is 79.9. The molecule has 0 spiro atoms. The maximum atomic E-state index is 5.61. The summed E-state index contributed by atoms with van der Waals surface area (Å²) < 4.78 is 8.09. The number of aromatic nitrogens is 4. The molecule has 0 bridgehead atoms. The monoisotopic (exact) mass is 297 g/mol. The Kier molecular flexibility index (Phi) is 3.58. The number of hydrogen-bond donors (Lipinski definition) is 1. The molecule has 2 aromatic rings. The fourth-order valence-corrected chi connectivity index (χ4v) is 1.50. The Labute approximate surface area is 107 Å². The lowest BCUT2D eigenvalue weighted by atomic mass is 10.6. The molecule has 2 rings (SSSR count). The van der Waals surface area contributed by atoms with Gasteiger partial charge in [-0.1, -0.05) is 0 Å². The molecule has 0 unspecified atom stereocenters. The normalized spacial score (nSPS) is 10.3. The molecule has 0 aliphatic rings. The summed E-state index contributed by atoms with van der Waals surface area (Å²) in [5.41, 5.74) is 0. The zero-order valence-corrected chi connectivity index (χ0v) is 11.1. The molecule has 0 aliphatic heterocycles. The Balaban J connectivity index is 2.22. The van der Waals surface area contributed by atoms with Crippen molar-refractivity contribution < 1.29 is 4.74 Å². The van der Waals surface area contributed by atoms with E-state index in [1.807, 2.05) is 13.1 Å². The topological polar surface area (TPSA) is 64.9 Å². The second-order valence-corrected chi connectivity index (χ2v) is 4.08. The molecular weight excluding hydrogens is 286 g/mol. The molecule has 0 saturated carbocycles. The van der Waals surface area contributed by atoms with E-state index >= 15 is 0 Å². The van der Waals surface area contributed by atoms with Gasteiger partial charge >= 0.3 is 0 Å². The lowest BCUT2D eigenvalue weighted by Gasteiger charge is -2.05. The van der Waals surface area contributed by atoms with Crippen LogP contribution in [-0.2, 0) is 6.54 Å². The van der Waals surface area contributed by atoms with Gasteiger partial charge in [0, 0.05) is 13.6 Å². The predicted octanol–water partition coefficient (Wildman–Crippen LogP) is 2.29. The first-order valence-corrected chi connectivity index (χ1v) is 5.93. The SMILES string of the molecule is CCn1cc(Oc2nc(NC)ncc2Br)cn1. The molecule has 0 amide bonds. The smallest absolute Gasteiger partial charge is 0.238 e. The molecule has 0 fully saturated rings. The third-order valence-corrected chi connectivity index (χ3v) is 2.63. The molecule has 1 N–H and O–H groups in total. The molecule has 0 atom stereocenters. The first-order chi connectivity index (χ1) is 8.22. The van der Waals surface area contributed by atoms with Crippen molar-refractivity contribution >= 4 is 21.9 Å². The van der Waals surface area contributed by atoms with Gasteiger partial charge in [0.2, 0.25) is 11.8 Å². The van der Waals surface area contributed by atoms with Crippen molar-refractivity contribution in [2.45, 2.75) is 13.5 Å². The number of rotatable bonds is 4. The summed E-state index contributed by atoms with van der Waals surface area (Å²) >= 11 is 3.34. The van der Waals surface area contributed by atoms with Gasteiger partial charge in [-0.15, -0.1) is 0 Å². The number of ether oxygens (including phenoxy) is 1. The molecular formula is C10H12BrN5O. The molecule has 90 valence electrons. The third-order valence-electron chi connectivity index (χ3n) is 2.08. The predicted molar refractivity (Wildman–Crippen MR) is 67.3 cm³/mol. The molecule has 0 saturated heterocycles. The highest BCUT2D eigenvalue weighted by Crippen LogP contribution is 2.27. The van der Waals surface area contributed by atoms with Crippen molar-refractivity contribution in [1.82, 2.24) is 19.7 Å². The summed E-state index contributed by atoms with van der Waals surface area (Å²) in [4.78, 5) is 8.24. The van der Waals surface area contributed by atoms with Crippen molar-refractivity contribution in [3.05, 3.63) is 23.1 Å². The van der Waals surface area contributed by atoms with Crippen molar-refractivity contribution in [3.8, 4) is 11.6 Å². The number of aryl methyl sites for hydroxylation is 1. The maximum absolute atomic E-state index is 5.61. The first-order valence-electron chi connectivity index (χ1n) is 5.13. The van der Waals surface area contributed by atoms with Crippen LogP contribution in [-0.4, -0.2) is 26.8 Å². The van der Waals surface area contributed by atoms with Crippen LogP contribution in [0.1, 0.15) is 6.92 Å². The molecule has 2 heterocycles. The van der Waals surface area contributed by atoms with E-state index in [0.717, 1.165) is 6.54 Å². The highest BCUT2D eigenvalue weighted by molar-refractivity contribution is 9.10. The Morgan fingerprint density at radius 1 is 1.47 bits per heavy atom. The Morgan fingerprint density at radius 3 is 2.94 bits per heavy atom. The van der Waals surface area contributed by atoms with E-state index in [2.05, 4.69) is 36.3 Å². The van der Waals surface area contributed by atoms with Gasteiger partial charge in [0.05, 0.1) is 23.1 Å². The average molecular weight is 298 g/mol. The van der Waals surface area contributed by atoms with Crippen LogP contribution in [0.3, 0.4) is 0 Å². The Morgan fingerprint density at radius 2 is 2.29 bits per heavy atom. The van der Waals surface area contributed by atoms with Gasteiger partial charge in [-0.05, 0) is 22.9 Å². The van der Waals surface area contributed by atoms with E-state index in [9.17, 15) is 0 Å². The number of nitrogens with one attached hydrogen (secondary N) is 1. The van der Waals surface area contributed by atoms with E-state index in [1.54, 1.807) is 24.1 Å². The van der Waals surface area contributed by atoms with Gasteiger partial charge in [-0.2, -0.15) is 10.1 Å². The average Bonchev–Trinajstić information content (AvgIpc) is 2.80. The van der Waals surface area contributed by atoms with Crippen LogP contribution in [0.25, 0.3) is 0 Å². The summed E-state index contributed by atoms with van der Waals surface area (Å²) in [5, 5.41) is 6.97. The van der Waals surface area contributed by atoms with Gasteiger partial charge in [0.15, 0.2) is 5.75 Å². The van der Waals surface area contributed by atoms with Crippen molar-refractivity contribution in [2.24, 2.45) is 0 Å². The van der Waals surface area contributed by atoms with Crippen LogP contribution in [0.15, 0.2) is 23.1 Å². The number of hydrogen-bond acceptors (Lipinski definition) is 5. The van der Waals surface area contributed by atoms with Crippen LogP contribution >= 0.6 is 15.9 Å². The second kappa shape index (κ2) is 5.13. The van der Waals surface area contributed by atoms with Crippen molar-refractivity contribution in [2.75, 3.05) is 12.4 Å². The number of nitrogens with zero attached hydrogens (tertiary/aromatic N) is 4. The second-order valence-electron chi connectivity index (χ2n) is 3.23. The lowest BCUT2D eigenvalue weighted by Crippen LogP contribution is -1.98. The van der Waals surface area contributed by atoms with Crippen molar-refractivity contribution in [3.63, 3.8) is 0 Å². The van der Waals surface area contributed by atoms with E-state index in [1.165, 1.54) is 0 Å². The van der Waals surface area contributed by atoms with Gasteiger partial charge in [0.25, 0.3) is 0 Å². The molecule has 17 heavy (non-hydrogen) atoms. The zero-order chi connectivity index (χ0) is 12.3. The largest absolute Gasteiger partial charge is 0.434 e. The third kappa shape index (κ3) is 2.73. The van der Waals surface area contributed by atoms with Crippen LogP contribution < -0.4 is 10.1 Å². The summed E-state index contributed by atoms with van der Waals surface area (Å²) in [6, 6.07) is 0. The minimum Gasteiger partial charge on any atom is -0.434 e. The maximum Gasteiger partial charge on any atom is 0.238 e. The van der Waals surface area contributed by atoms with Gasteiger partial charge in [-0.25, -0.2) is 4.98 Å². The molecule has 0 radical (unpaired) electrons. The molecule has 2 aromatic heterocycles. The Bertz CT molecular complexity index is 513. The van der Waals surface area contributed by atoms with Gasteiger partial charge < -0.3 is 10.1 Å². The fourth-order valence-electron chi connectivity index (χ4n) is 1.23. The molecule has 7 heteroatoms. The van der Waals surface area contributed by atoms with Gasteiger partial charge in [-0.3, -0.25) is 4.68 Å². The van der Waals surface area contributed by atoms with E-state index in [0.29, 0.717) is 22.1 Å². The highest BCUT2D eigenvalue weighted by Gasteiger charge is 2.08. The first kappa shape index (κ1) is 11.8. The fraction of sp³-hybridized carbons (Fsp3) is 0.300. The van der Waals surface area contributed by atoms with Crippen molar-refractivity contribution in [1.29, 1.82) is 0 Å². The summed E-state index contributed by atoms with van der Waals surface area (Å²) in [6.07, 6.45) is 5.10. The standard InChI is InChI=1S/C10H12BrN5O/c1-3-16-6-7(4-14-16)17-9-8(11)5-13-10(12-2)15-9/h4-6H,3H2,1-2H3,(H,12,13,15). The molecule has 6 nitrogen and oxygen atoms in total. The Hall–Kier alpha value is -1.63. The minimum atomic E-state index is 0.458. The number of halogens is 1. The van der Waals surface area contributed by atoms with Gasteiger partial charge in [0.1, 0.15) is 0 Å². The quantitative estimate of drug-likeness (QED) is 0.938. The molecule has 0 aliphatic carbocycles. The minimum absolute atomic E-state index is 0.458. The summed E-state index contributed by atoms with van der Waals surface area (Å²) in [6.45, 7) is 2.81. The van der Waals surface area contributed by atoms with Crippen LogP contribution in [0, 0.1) is 0 Å². The van der Waals surface area contributed by atoms with E-state index in [-0.39, 0.29) is 0 Å². The molecule has 0 aromatic carbocycles. The lowest BCUT2D eigenvalue weighted by molar-refractivity contribution is 0.458. The van der Waals surface area contributed by atoms with Crippen LogP contribution in [0.5, 0.6) is 11.6 Å².